The van der Waals surface area contributed by atoms with Gasteiger partial charge >= 0.3 is 0 Å². The Morgan fingerprint density at radius 3 is 3.00 bits per heavy atom. The van der Waals surface area contributed by atoms with Crippen molar-refractivity contribution in [1.82, 2.24) is 24.6 Å². The van der Waals surface area contributed by atoms with Crippen LogP contribution in [0.2, 0.25) is 0 Å². The molecule has 138 valence electrons. The number of hydrogen-bond acceptors (Lipinski definition) is 6. The quantitative estimate of drug-likeness (QED) is 0.449. The molecule has 5 aromatic rings. The lowest BCUT2D eigenvalue weighted by Gasteiger charge is -2.06. The molecule has 0 aliphatic rings. The maximum atomic E-state index is 13.0. The topological polar surface area (TPSA) is 75.9 Å². The van der Waals surface area contributed by atoms with Gasteiger partial charge in [-0.1, -0.05) is 13.3 Å². The van der Waals surface area contributed by atoms with Crippen LogP contribution in [0.5, 0.6) is 0 Å². The molecule has 5 aromatic heterocycles. The zero-order valence-electron chi connectivity index (χ0n) is 14.9. The monoisotopic (exact) mass is 415 g/mol. The van der Waals surface area contributed by atoms with E-state index in [0.29, 0.717) is 5.75 Å². The number of H-pyrrole nitrogens is 1. The Bertz CT molecular complexity index is 1300. The first-order chi connectivity index (χ1) is 13.2. The summed E-state index contributed by atoms with van der Waals surface area (Å²) in [5.41, 5.74) is 2.75. The number of thiophene rings is 1. The third kappa shape index (κ3) is 2.64. The van der Waals surface area contributed by atoms with Crippen LogP contribution in [0.3, 0.4) is 0 Å². The summed E-state index contributed by atoms with van der Waals surface area (Å²) in [6, 6.07) is 2.07. The molecule has 0 fully saturated rings. The van der Waals surface area contributed by atoms with E-state index < -0.39 is 10.8 Å². The SMILES string of the molecule is CCCCS(=O)c1sc2nc(-c3nccs3)cc3c2c1[nH]n1c(C)ncc31. The standard InChI is InChI=1S/C18H17N5OS3/c1-3-4-7-27(24)18-15-14-11(13-9-20-10(2)23(13)22-15)8-12(21-17(14)26-18)16-19-5-6-25-16/h5-6,8-9,22H,3-4,7H2,1-2H3. The lowest BCUT2D eigenvalue weighted by atomic mass is 10.1. The number of fused-ring (bicyclic) bond motifs is 2. The molecule has 0 bridgehead atoms. The molecule has 0 aliphatic carbocycles. The van der Waals surface area contributed by atoms with E-state index in [1.807, 2.05) is 23.0 Å². The average Bonchev–Trinajstić information content (AvgIpc) is 3.40. The number of aryl methyl sites for hydroxylation is 1. The van der Waals surface area contributed by atoms with Gasteiger partial charge in [-0.2, -0.15) is 0 Å². The molecule has 6 nitrogen and oxygen atoms in total. The smallest absolute Gasteiger partial charge is 0.141 e. The summed E-state index contributed by atoms with van der Waals surface area (Å²) < 4.78 is 15.8. The Morgan fingerprint density at radius 1 is 1.33 bits per heavy atom. The minimum Gasteiger partial charge on any atom is -0.290 e. The number of nitrogens with zero attached hydrogens (tertiary/aromatic N) is 4. The molecular formula is C18H17N5OS3. The summed E-state index contributed by atoms with van der Waals surface area (Å²) in [7, 11) is -1.05. The molecular weight excluding hydrogens is 398 g/mol. The summed E-state index contributed by atoms with van der Waals surface area (Å²) >= 11 is 3.09. The van der Waals surface area contributed by atoms with E-state index in [1.54, 1.807) is 17.5 Å². The predicted molar refractivity (Wildman–Crippen MR) is 112 cm³/mol. The predicted octanol–water partition coefficient (Wildman–Crippen LogP) is 4.76. The van der Waals surface area contributed by atoms with Gasteiger partial charge in [0.25, 0.3) is 0 Å². The number of thiazole rings is 1. The van der Waals surface area contributed by atoms with Crippen LogP contribution >= 0.6 is 22.7 Å². The third-order valence-electron chi connectivity index (χ3n) is 4.61. The summed E-state index contributed by atoms with van der Waals surface area (Å²) in [4.78, 5) is 14.6. The highest BCUT2D eigenvalue weighted by Gasteiger charge is 2.21. The largest absolute Gasteiger partial charge is 0.290 e. The van der Waals surface area contributed by atoms with Crippen molar-refractivity contribution in [2.24, 2.45) is 0 Å². The number of nitrogens with one attached hydrogen (secondary N) is 1. The zero-order valence-corrected chi connectivity index (χ0v) is 17.3. The molecule has 1 N–H and O–H groups in total. The van der Waals surface area contributed by atoms with Gasteiger partial charge in [0, 0.05) is 28.1 Å². The Hall–Kier alpha value is -2.10. The number of unbranched alkanes of at least 4 members (excludes halogenated alkanes) is 1. The van der Waals surface area contributed by atoms with Crippen LogP contribution in [0.25, 0.3) is 37.3 Å². The second-order valence-electron chi connectivity index (χ2n) is 6.38. The zero-order chi connectivity index (χ0) is 18.5. The lowest BCUT2D eigenvalue weighted by molar-refractivity contribution is 0.681. The molecule has 1 atom stereocenters. The number of imidazole rings is 1. The van der Waals surface area contributed by atoms with Crippen LogP contribution in [-0.4, -0.2) is 34.5 Å². The summed E-state index contributed by atoms with van der Waals surface area (Å²) in [5, 5.41) is 8.37. The highest BCUT2D eigenvalue weighted by Crippen LogP contribution is 2.40. The first-order valence-corrected chi connectivity index (χ1v) is 11.8. The Labute approximate surface area is 165 Å². The van der Waals surface area contributed by atoms with Crippen molar-refractivity contribution in [3.63, 3.8) is 0 Å². The van der Waals surface area contributed by atoms with E-state index in [-0.39, 0.29) is 0 Å². The second kappa shape index (κ2) is 6.50. The Kier molecular flexibility index (Phi) is 4.10. The Morgan fingerprint density at radius 2 is 2.22 bits per heavy atom. The van der Waals surface area contributed by atoms with Crippen molar-refractivity contribution < 1.29 is 4.21 Å². The van der Waals surface area contributed by atoms with Crippen molar-refractivity contribution in [2.75, 3.05) is 5.75 Å². The molecule has 0 aromatic carbocycles. The minimum absolute atomic E-state index is 0.669. The van der Waals surface area contributed by atoms with Crippen LogP contribution in [0.1, 0.15) is 25.6 Å². The maximum absolute atomic E-state index is 13.0. The highest BCUT2D eigenvalue weighted by atomic mass is 32.2. The number of rotatable bonds is 5. The van der Waals surface area contributed by atoms with E-state index in [9.17, 15) is 4.21 Å². The fourth-order valence-electron chi connectivity index (χ4n) is 3.26. The van der Waals surface area contributed by atoms with Gasteiger partial charge < -0.3 is 0 Å². The lowest BCUT2D eigenvalue weighted by Crippen LogP contribution is -2.00. The van der Waals surface area contributed by atoms with Gasteiger partial charge in [-0.3, -0.25) is 9.31 Å². The number of hydrogen-bond donors (Lipinski definition) is 1. The number of pyridine rings is 1. The van der Waals surface area contributed by atoms with Crippen molar-refractivity contribution >= 4 is 60.1 Å². The third-order valence-corrected chi connectivity index (χ3v) is 8.37. The normalized spacial score (nSPS) is 13.3. The Balaban J connectivity index is 1.87. The molecule has 0 aliphatic heterocycles. The molecule has 0 saturated heterocycles. The van der Waals surface area contributed by atoms with Crippen molar-refractivity contribution in [1.29, 1.82) is 0 Å². The summed E-state index contributed by atoms with van der Waals surface area (Å²) in [6.07, 6.45) is 5.64. The van der Waals surface area contributed by atoms with Gasteiger partial charge in [0.1, 0.15) is 25.6 Å². The molecule has 0 amide bonds. The van der Waals surface area contributed by atoms with E-state index in [4.69, 9.17) is 4.98 Å². The summed E-state index contributed by atoms with van der Waals surface area (Å²) in [5.74, 6) is 1.54. The molecule has 5 heterocycles. The highest BCUT2D eigenvalue weighted by molar-refractivity contribution is 7.87. The molecule has 0 saturated carbocycles. The van der Waals surface area contributed by atoms with Crippen LogP contribution in [0, 0.1) is 6.92 Å². The van der Waals surface area contributed by atoms with Gasteiger partial charge in [0.2, 0.25) is 0 Å². The maximum Gasteiger partial charge on any atom is 0.141 e. The van der Waals surface area contributed by atoms with E-state index in [1.165, 1.54) is 11.3 Å². The van der Waals surface area contributed by atoms with Gasteiger partial charge in [-0.05, 0) is 19.4 Å². The van der Waals surface area contributed by atoms with Gasteiger partial charge in [-0.25, -0.2) is 19.5 Å². The van der Waals surface area contributed by atoms with Gasteiger partial charge in [-0.15, -0.1) is 22.7 Å². The van der Waals surface area contributed by atoms with E-state index in [2.05, 4.69) is 28.1 Å². The molecule has 9 heteroatoms. The molecule has 0 radical (unpaired) electrons. The number of aromatic amines is 1. The van der Waals surface area contributed by atoms with Crippen LogP contribution in [-0.2, 0) is 10.8 Å². The minimum atomic E-state index is -1.05. The van der Waals surface area contributed by atoms with E-state index >= 15 is 0 Å². The molecule has 27 heavy (non-hydrogen) atoms. The molecule has 5 rings (SSSR count). The molecule has 1 unspecified atom stereocenters. The first kappa shape index (κ1) is 17.0. The van der Waals surface area contributed by atoms with Crippen molar-refractivity contribution in [3.05, 3.63) is 29.7 Å². The summed E-state index contributed by atoms with van der Waals surface area (Å²) in [6.45, 7) is 4.08. The first-order valence-electron chi connectivity index (χ1n) is 8.75. The van der Waals surface area contributed by atoms with E-state index in [0.717, 1.165) is 60.2 Å². The fraction of sp³-hybridized carbons (Fsp3) is 0.278. The van der Waals surface area contributed by atoms with Gasteiger partial charge in [0.15, 0.2) is 0 Å². The van der Waals surface area contributed by atoms with Gasteiger partial charge in [0.05, 0.1) is 28.0 Å². The van der Waals surface area contributed by atoms with Crippen LogP contribution in [0.15, 0.2) is 28.0 Å². The van der Waals surface area contributed by atoms with Crippen molar-refractivity contribution in [2.45, 2.75) is 30.9 Å². The number of aromatic nitrogens is 5. The van der Waals surface area contributed by atoms with Crippen molar-refractivity contribution in [3.8, 4) is 10.7 Å². The van der Waals surface area contributed by atoms with Crippen LogP contribution < -0.4 is 0 Å². The second-order valence-corrected chi connectivity index (χ2v) is 10.0. The fourth-order valence-corrected chi connectivity index (χ4v) is 6.71. The van der Waals surface area contributed by atoms with Crippen LogP contribution in [0.4, 0.5) is 0 Å². The average molecular weight is 416 g/mol. The molecule has 0 spiro atoms.